The Balaban J connectivity index is 1.45. The maximum atomic E-state index is 5.54. The van der Waals surface area contributed by atoms with E-state index in [0.29, 0.717) is 12.0 Å². The molecular formula is C16H25N3O2. The van der Waals surface area contributed by atoms with Gasteiger partial charge in [0.1, 0.15) is 6.10 Å². The monoisotopic (exact) mass is 291 g/mol. The van der Waals surface area contributed by atoms with Crippen LogP contribution >= 0.6 is 0 Å². The van der Waals surface area contributed by atoms with Crippen molar-refractivity contribution in [2.24, 2.45) is 11.8 Å². The van der Waals surface area contributed by atoms with Crippen LogP contribution in [0.3, 0.4) is 0 Å². The molecular weight excluding hydrogens is 266 g/mol. The second kappa shape index (κ2) is 5.69. The third kappa shape index (κ3) is 2.73. The first-order chi connectivity index (χ1) is 10.3. The van der Waals surface area contributed by atoms with E-state index in [-0.39, 0.29) is 12.1 Å². The molecule has 21 heavy (non-hydrogen) atoms. The SMILES string of the molecule is COC(c1noc(C2CCC3CCCCC3N2)n1)C1CC1. The minimum absolute atomic E-state index is 0.0218. The topological polar surface area (TPSA) is 60.2 Å². The fraction of sp³-hybridized carbons (Fsp3) is 0.875. The lowest BCUT2D eigenvalue weighted by molar-refractivity contribution is 0.0751. The van der Waals surface area contributed by atoms with Gasteiger partial charge in [0, 0.05) is 13.2 Å². The number of aromatic nitrogens is 2. The van der Waals surface area contributed by atoms with E-state index >= 15 is 0 Å². The second-order valence-electron chi connectivity index (χ2n) is 6.93. The number of fused-ring (bicyclic) bond motifs is 1. The van der Waals surface area contributed by atoms with Gasteiger partial charge in [0.15, 0.2) is 0 Å². The molecule has 1 aromatic rings. The Kier molecular flexibility index (Phi) is 3.71. The zero-order chi connectivity index (χ0) is 14.2. The van der Waals surface area contributed by atoms with Crippen molar-refractivity contribution < 1.29 is 9.26 Å². The van der Waals surface area contributed by atoms with E-state index in [1.54, 1.807) is 7.11 Å². The molecule has 1 aromatic heterocycles. The predicted octanol–water partition coefficient (Wildman–Crippen LogP) is 3.15. The molecule has 0 aromatic carbocycles. The molecule has 3 fully saturated rings. The summed E-state index contributed by atoms with van der Waals surface area (Å²) in [6.45, 7) is 0. The summed E-state index contributed by atoms with van der Waals surface area (Å²) in [4.78, 5) is 4.64. The smallest absolute Gasteiger partial charge is 0.243 e. The molecule has 4 rings (SSSR count). The Morgan fingerprint density at radius 3 is 2.81 bits per heavy atom. The molecule has 4 unspecified atom stereocenters. The fourth-order valence-corrected chi connectivity index (χ4v) is 4.10. The highest BCUT2D eigenvalue weighted by atomic mass is 16.5. The van der Waals surface area contributed by atoms with E-state index in [1.165, 1.54) is 44.9 Å². The van der Waals surface area contributed by atoms with Gasteiger partial charge in [-0.25, -0.2) is 0 Å². The van der Waals surface area contributed by atoms with Crippen molar-refractivity contribution in [2.45, 2.75) is 69.6 Å². The first-order valence-electron chi connectivity index (χ1n) is 8.47. The zero-order valence-electron chi connectivity index (χ0n) is 12.8. The summed E-state index contributed by atoms with van der Waals surface area (Å²) in [6, 6.07) is 0.886. The van der Waals surface area contributed by atoms with Crippen LogP contribution in [-0.4, -0.2) is 23.3 Å². The van der Waals surface area contributed by atoms with Crippen LogP contribution in [0.2, 0.25) is 0 Å². The first-order valence-corrected chi connectivity index (χ1v) is 8.47. The molecule has 5 nitrogen and oxygen atoms in total. The van der Waals surface area contributed by atoms with Crippen LogP contribution in [0.5, 0.6) is 0 Å². The average molecular weight is 291 g/mol. The Morgan fingerprint density at radius 2 is 2.00 bits per heavy atom. The number of rotatable bonds is 4. The van der Waals surface area contributed by atoms with Crippen molar-refractivity contribution >= 4 is 0 Å². The lowest BCUT2D eigenvalue weighted by Crippen LogP contribution is -2.44. The molecule has 1 aliphatic heterocycles. The molecule has 0 amide bonds. The molecule has 0 radical (unpaired) electrons. The van der Waals surface area contributed by atoms with Crippen molar-refractivity contribution in [1.82, 2.24) is 15.5 Å². The first kappa shape index (κ1) is 13.7. The van der Waals surface area contributed by atoms with Crippen LogP contribution in [0, 0.1) is 11.8 Å². The molecule has 0 bridgehead atoms. The molecule has 3 aliphatic rings. The molecule has 5 heteroatoms. The van der Waals surface area contributed by atoms with Gasteiger partial charge in [-0.05, 0) is 50.4 Å². The number of hydrogen-bond acceptors (Lipinski definition) is 5. The summed E-state index contributed by atoms with van der Waals surface area (Å²) in [5.41, 5.74) is 0. The van der Waals surface area contributed by atoms with Gasteiger partial charge in [-0.1, -0.05) is 18.0 Å². The van der Waals surface area contributed by atoms with Gasteiger partial charge in [-0.2, -0.15) is 4.98 Å². The highest BCUT2D eigenvalue weighted by Gasteiger charge is 2.38. The number of nitrogens with one attached hydrogen (secondary N) is 1. The van der Waals surface area contributed by atoms with Gasteiger partial charge in [0.05, 0.1) is 6.04 Å². The minimum Gasteiger partial charge on any atom is -0.373 e. The predicted molar refractivity (Wildman–Crippen MR) is 77.6 cm³/mol. The molecule has 116 valence electrons. The summed E-state index contributed by atoms with van der Waals surface area (Å²) in [7, 11) is 1.74. The Bertz CT molecular complexity index is 486. The quantitative estimate of drug-likeness (QED) is 0.923. The van der Waals surface area contributed by atoms with Crippen LogP contribution in [0.4, 0.5) is 0 Å². The molecule has 4 atom stereocenters. The van der Waals surface area contributed by atoms with Gasteiger partial charge in [0.25, 0.3) is 0 Å². The molecule has 2 saturated carbocycles. The Hall–Kier alpha value is -0.940. The summed E-state index contributed by atoms with van der Waals surface area (Å²) in [6.07, 6.45) is 10.3. The van der Waals surface area contributed by atoms with Crippen molar-refractivity contribution in [3.63, 3.8) is 0 Å². The normalized spacial score (nSPS) is 34.4. The summed E-state index contributed by atoms with van der Waals surface area (Å²) in [5.74, 6) is 2.94. The van der Waals surface area contributed by atoms with Crippen LogP contribution in [0.15, 0.2) is 4.52 Å². The van der Waals surface area contributed by atoms with E-state index in [9.17, 15) is 0 Å². The zero-order valence-corrected chi connectivity index (χ0v) is 12.8. The van der Waals surface area contributed by atoms with Crippen molar-refractivity contribution in [2.75, 3.05) is 7.11 Å². The van der Waals surface area contributed by atoms with Crippen molar-refractivity contribution in [3.05, 3.63) is 11.7 Å². The van der Waals surface area contributed by atoms with E-state index in [4.69, 9.17) is 9.26 Å². The minimum atomic E-state index is 0.0218. The van der Waals surface area contributed by atoms with Gasteiger partial charge >= 0.3 is 0 Å². The van der Waals surface area contributed by atoms with Crippen molar-refractivity contribution in [3.8, 4) is 0 Å². The third-order valence-electron chi connectivity index (χ3n) is 5.46. The van der Waals surface area contributed by atoms with E-state index in [2.05, 4.69) is 15.5 Å². The largest absolute Gasteiger partial charge is 0.373 e. The summed E-state index contributed by atoms with van der Waals surface area (Å²) >= 11 is 0. The second-order valence-corrected chi connectivity index (χ2v) is 6.93. The molecule has 2 aliphatic carbocycles. The number of piperidine rings is 1. The third-order valence-corrected chi connectivity index (χ3v) is 5.46. The van der Waals surface area contributed by atoms with Crippen LogP contribution < -0.4 is 5.32 Å². The highest BCUT2D eigenvalue weighted by molar-refractivity contribution is 5.03. The maximum Gasteiger partial charge on any atom is 0.243 e. The van der Waals surface area contributed by atoms with E-state index in [1.807, 2.05) is 0 Å². The number of hydrogen-bond donors (Lipinski definition) is 1. The van der Waals surface area contributed by atoms with E-state index in [0.717, 1.165) is 24.1 Å². The molecule has 1 N–H and O–H groups in total. The van der Waals surface area contributed by atoms with Gasteiger partial charge < -0.3 is 14.6 Å². The number of methoxy groups -OCH3 is 1. The van der Waals surface area contributed by atoms with E-state index < -0.39 is 0 Å². The number of nitrogens with zero attached hydrogens (tertiary/aromatic N) is 2. The summed E-state index contributed by atoms with van der Waals surface area (Å²) in [5, 5.41) is 7.93. The lowest BCUT2D eigenvalue weighted by Gasteiger charge is -2.39. The standard InChI is InChI=1S/C16H25N3O2/c1-20-14(11-6-7-11)15-18-16(21-19-15)13-9-8-10-4-2-3-5-12(10)17-13/h10-14,17H,2-9H2,1H3. The molecule has 1 saturated heterocycles. The average Bonchev–Trinajstić information content (AvgIpc) is 3.24. The van der Waals surface area contributed by atoms with Crippen molar-refractivity contribution in [1.29, 1.82) is 0 Å². The Labute approximate surface area is 125 Å². The van der Waals surface area contributed by atoms with Crippen LogP contribution in [0.1, 0.15) is 75.2 Å². The molecule has 2 heterocycles. The maximum absolute atomic E-state index is 5.54. The van der Waals surface area contributed by atoms with Crippen LogP contribution in [0.25, 0.3) is 0 Å². The fourth-order valence-electron chi connectivity index (χ4n) is 4.10. The lowest BCUT2D eigenvalue weighted by atomic mass is 9.78. The highest BCUT2D eigenvalue weighted by Crippen LogP contribution is 2.42. The molecule has 0 spiro atoms. The van der Waals surface area contributed by atoms with Gasteiger partial charge in [-0.3, -0.25) is 0 Å². The van der Waals surface area contributed by atoms with Crippen LogP contribution in [-0.2, 0) is 4.74 Å². The Morgan fingerprint density at radius 1 is 1.14 bits per heavy atom. The summed E-state index contributed by atoms with van der Waals surface area (Å²) < 4.78 is 11.1. The number of ether oxygens (including phenoxy) is 1. The van der Waals surface area contributed by atoms with Gasteiger partial charge in [0.2, 0.25) is 11.7 Å². The van der Waals surface area contributed by atoms with Gasteiger partial charge in [-0.15, -0.1) is 0 Å².